The number of hydrogen-bond acceptors (Lipinski definition) is 3. The van der Waals surface area contributed by atoms with Crippen molar-refractivity contribution < 1.29 is 19.5 Å². The number of carbonyl (C=O) groups excluding carboxylic acids is 2. The molecule has 9 heteroatoms. The molecule has 1 fully saturated rings. The van der Waals surface area contributed by atoms with Gasteiger partial charge in [0, 0.05) is 41.8 Å². The Hall–Kier alpha value is -1.99. The molecule has 1 aliphatic rings. The maximum atomic E-state index is 12.0. The summed E-state index contributed by atoms with van der Waals surface area (Å²) in [5, 5.41) is 15.3. The number of carboxylic acid groups (broad SMARTS) is 1. The molecule has 1 aliphatic heterocycles. The number of nitrogens with zero attached hydrogens (tertiary/aromatic N) is 1. The number of halogens is 2. The normalized spacial score (nSPS) is 19.6. The first-order valence-corrected chi connectivity index (χ1v) is 8.47. The van der Waals surface area contributed by atoms with Gasteiger partial charge in [0.2, 0.25) is 5.91 Å². The lowest BCUT2D eigenvalue weighted by Gasteiger charge is -2.20. The summed E-state index contributed by atoms with van der Waals surface area (Å²) in [5.41, 5.74) is -0.439. The Morgan fingerprint density at radius 2 is 1.88 bits per heavy atom. The summed E-state index contributed by atoms with van der Waals surface area (Å²) in [6.07, 6.45) is 0.478. The number of urea groups is 1. The molecule has 0 saturated carbocycles. The van der Waals surface area contributed by atoms with Crippen LogP contribution in [0.1, 0.15) is 19.8 Å². The van der Waals surface area contributed by atoms with E-state index in [0.717, 1.165) is 0 Å². The van der Waals surface area contributed by atoms with Crippen molar-refractivity contribution in [3.05, 3.63) is 28.2 Å². The standard InChI is InChI=1S/C16H19Cl2N3O4/c1-16(14(23)24)3-5-21(9-16)15(25)19-4-2-13(22)20-12-7-10(17)6-11(18)8-12/h6-8H,2-5,9H2,1H3,(H,19,25)(H,20,22)(H,23,24). The van der Waals surface area contributed by atoms with Crippen molar-refractivity contribution in [2.24, 2.45) is 5.41 Å². The smallest absolute Gasteiger partial charge is 0.317 e. The van der Waals surface area contributed by atoms with Crippen molar-refractivity contribution in [2.75, 3.05) is 25.0 Å². The molecule has 0 bridgehead atoms. The van der Waals surface area contributed by atoms with Gasteiger partial charge in [0.25, 0.3) is 0 Å². The summed E-state index contributed by atoms with van der Waals surface area (Å²) >= 11 is 11.7. The molecule has 1 aromatic rings. The van der Waals surface area contributed by atoms with Gasteiger partial charge in [-0.15, -0.1) is 0 Å². The molecule has 1 aromatic carbocycles. The molecule has 136 valence electrons. The molecule has 0 spiro atoms. The van der Waals surface area contributed by atoms with E-state index in [0.29, 0.717) is 28.7 Å². The second-order valence-electron chi connectivity index (χ2n) is 6.23. The molecule has 7 nitrogen and oxygen atoms in total. The largest absolute Gasteiger partial charge is 0.481 e. The minimum Gasteiger partial charge on any atom is -0.481 e. The van der Waals surface area contributed by atoms with Crippen LogP contribution in [0.15, 0.2) is 18.2 Å². The molecular weight excluding hydrogens is 369 g/mol. The molecule has 1 unspecified atom stereocenters. The highest BCUT2D eigenvalue weighted by Crippen LogP contribution is 2.30. The van der Waals surface area contributed by atoms with Crippen molar-refractivity contribution in [1.29, 1.82) is 0 Å². The van der Waals surface area contributed by atoms with E-state index < -0.39 is 11.4 Å². The van der Waals surface area contributed by atoms with Crippen molar-refractivity contribution in [1.82, 2.24) is 10.2 Å². The van der Waals surface area contributed by atoms with Gasteiger partial charge in [-0.2, -0.15) is 0 Å². The molecule has 0 aromatic heterocycles. The van der Waals surface area contributed by atoms with Crippen LogP contribution in [0.5, 0.6) is 0 Å². The third-order valence-corrected chi connectivity index (χ3v) is 4.49. The van der Waals surface area contributed by atoms with Crippen molar-refractivity contribution in [3.8, 4) is 0 Å². The maximum Gasteiger partial charge on any atom is 0.317 e. The van der Waals surface area contributed by atoms with E-state index in [9.17, 15) is 14.4 Å². The quantitative estimate of drug-likeness (QED) is 0.722. The summed E-state index contributed by atoms with van der Waals surface area (Å²) in [7, 11) is 0. The number of amides is 3. The summed E-state index contributed by atoms with van der Waals surface area (Å²) in [4.78, 5) is 36.6. The lowest BCUT2D eigenvalue weighted by Crippen LogP contribution is -2.41. The van der Waals surface area contributed by atoms with Crippen LogP contribution >= 0.6 is 23.2 Å². The van der Waals surface area contributed by atoms with Crippen molar-refractivity contribution in [2.45, 2.75) is 19.8 Å². The lowest BCUT2D eigenvalue weighted by molar-refractivity contribution is -0.147. The van der Waals surface area contributed by atoms with E-state index in [1.165, 1.54) is 4.90 Å². The van der Waals surface area contributed by atoms with E-state index in [1.807, 2.05) is 0 Å². The minimum absolute atomic E-state index is 0.0694. The van der Waals surface area contributed by atoms with Crippen LogP contribution in [0.3, 0.4) is 0 Å². The maximum absolute atomic E-state index is 12.0. The van der Waals surface area contributed by atoms with Crippen LogP contribution in [-0.4, -0.2) is 47.5 Å². The van der Waals surface area contributed by atoms with Crippen LogP contribution in [-0.2, 0) is 9.59 Å². The highest BCUT2D eigenvalue weighted by atomic mass is 35.5. The number of rotatable bonds is 5. The van der Waals surface area contributed by atoms with E-state index in [2.05, 4.69) is 10.6 Å². The summed E-state index contributed by atoms with van der Waals surface area (Å²) in [5.74, 6) is -1.21. The molecule has 3 N–H and O–H groups in total. The number of nitrogens with one attached hydrogen (secondary N) is 2. The van der Waals surface area contributed by atoms with Gasteiger partial charge in [-0.05, 0) is 31.5 Å². The summed E-state index contributed by atoms with van der Waals surface area (Å²) in [6.45, 7) is 2.29. The zero-order chi connectivity index (χ0) is 18.6. The third-order valence-electron chi connectivity index (χ3n) is 4.05. The van der Waals surface area contributed by atoms with E-state index in [1.54, 1.807) is 25.1 Å². The van der Waals surface area contributed by atoms with E-state index >= 15 is 0 Å². The fourth-order valence-corrected chi connectivity index (χ4v) is 3.08. The topological polar surface area (TPSA) is 98.7 Å². The van der Waals surface area contributed by atoms with Crippen LogP contribution < -0.4 is 10.6 Å². The van der Waals surface area contributed by atoms with Gasteiger partial charge in [-0.25, -0.2) is 4.79 Å². The number of hydrogen-bond donors (Lipinski definition) is 3. The molecule has 1 heterocycles. The van der Waals surface area contributed by atoms with E-state index in [4.69, 9.17) is 28.3 Å². The molecule has 3 amide bonds. The van der Waals surface area contributed by atoms with Gasteiger partial charge < -0.3 is 20.6 Å². The van der Waals surface area contributed by atoms with Gasteiger partial charge >= 0.3 is 12.0 Å². The summed E-state index contributed by atoms with van der Waals surface area (Å²) in [6, 6.07) is 4.32. The SMILES string of the molecule is CC1(C(=O)O)CCN(C(=O)NCCC(=O)Nc2cc(Cl)cc(Cl)c2)C1. The van der Waals surface area contributed by atoms with Crippen molar-refractivity contribution in [3.63, 3.8) is 0 Å². The van der Waals surface area contributed by atoms with Crippen LogP contribution in [0.25, 0.3) is 0 Å². The molecule has 1 saturated heterocycles. The Balaban J connectivity index is 1.76. The average molecular weight is 388 g/mol. The van der Waals surface area contributed by atoms with Gasteiger partial charge in [-0.3, -0.25) is 9.59 Å². The molecule has 1 atom stereocenters. The number of carbonyl (C=O) groups is 3. The zero-order valence-electron chi connectivity index (χ0n) is 13.6. The van der Waals surface area contributed by atoms with E-state index in [-0.39, 0.29) is 31.4 Å². The number of carboxylic acids is 1. The highest BCUT2D eigenvalue weighted by Gasteiger charge is 2.42. The minimum atomic E-state index is -0.916. The fraction of sp³-hybridized carbons (Fsp3) is 0.438. The lowest BCUT2D eigenvalue weighted by atomic mass is 9.90. The zero-order valence-corrected chi connectivity index (χ0v) is 15.2. The Labute approximate surface area is 155 Å². The van der Waals surface area contributed by atoms with Gasteiger partial charge in [-0.1, -0.05) is 23.2 Å². The second kappa shape index (κ2) is 7.93. The molecule has 0 radical (unpaired) electrons. The second-order valence-corrected chi connectivity index (χ2v) is 7.10. The summed E-state index contributed by atoms with van der Waals surface area (Å²) < 4.78 is 0. The average Bonchev–Trinajstić information content (AvgIpc) is 2.90. The number of likely N-dealkylation sites (tertiary alicyclic amines) is 1. The Kier molecular flexibility index (Phi) is 6.13. The fourth-order valence-electron chi connectivity index (χ4n) is 2.55. The molecule has 0 aliphatic carbocycles. The number of benzene rings is 1. The van der Waals surface area contributed by atoms with Gasteiger partial charge in [0.1, 0.15) is 0 Å². The Morgan fingerprint density at radius 3 is 2.44 bits per heavy atom. The van der Waals surface area contributed by atoms with Crippen LogP contribution in [0.4, 0.5) is 10.5 Å². The predicted octanol–water partition coefficient (Wildman–Crippen LogP) is 2.83. The third kappa shape index (κ3) is 5.24. The monoisotopic (exact) mass is 387 g/mol. The Morgan fingerprint density at radius 1 is 1.24 bits per heavy atom. The molecule has 2 rings (SSSR count). The predicted molar refractivity (Wildman–Crippen MR) is 95.0 cm³/mol. The number of aliphatic carboxylic acids is 1. The van der Waals surface area contributed by atoms with Crippen LogP contribution in [0.2, 0.25) is 10.0 Å². The Bertz CT molecular complexity index is 678. The van der Waals surface area contributed by atoms with Crippen LogP contribution in [0, 0.1) is 5.41 Å². The highest BCUT2D eigenvalue weighted by molar-refractivity contribution is 6.35. The molecule has 25 heavy (non-hydrogen) atoms. The van der Waals surface area contributed by atoms with Gasteiger partial charge in [0.05, 0.1) is 5.41 Å². The van der Waals surface area contributed by atoms with Gasteiger partial charge in [0.15, 0.2) is 0 Å². The first kappa shape index (κ1) is 19.3. The first-order valence-electron chi connectivity index (χ1n) is 7.72. The number of anilines is 1. The first-order chi connectivity index (χ1) is 11.7. The van der Waals surface area contributed by atoms with Crippen molar-refractivity contribution >= 4 is 46.8 Å². The molecular formula is C16H19Cl2N3O4.